The summed E-state index contributed by atoms with van der Waals surface area (Å²) < 4.78 is 10.8. The highest BCUT2D eigenvalue weighted by Gasteiger charge is 2.28. The molecule has 2 rings (SSSR count). The molecule has 0 radical (unpaired) electrons. The number of aromatic nitrogens is 2. The van der Waals surface area contributed by atoms with E-state index in [0.29, 0.717) is 30.0 Å². The van der Waals surface area contributed by atoms with Crippen molar-refractivity contribution >= 4 is 11.6 Å². The number of aryl methyl sites for hydroxylation is 1. The third kappa shape index (κ3) is 3.81. The highest BCUT2D eigenvalue weighted by atomic mass is 35.5. The van der Waals surface area contributed by atoms with E-state index in [1.165, 1.54) is 0 Å². The minimum Gasteiger partial charge on any atom is -0.379 e. The van der Waals surface area contributed by atoms with Crippen LogP contribution in [0.5, 0.6) is 0 Å². The van der Waals surface area contributed by atoms with Crippen molar-refractivity contribution < 1.29 is 9.26 Å². The summed E-state index contributed by atoms with van der Waals surface area (Å²) in [6, 6.07) is 5.50. The molecule has 1 aromatic carbocycles. The fraction of sp³-hybridized carbons (Fsp3) is 0.467. The largest absolute Gasteiger partial charge is 0.379 e. The van der Waals surface area contributed by atoms with Crippen LogP contribution in [0.25, 0.3) is 11.5 Å². The zero-order valence-electron chi connectivity index (χ0n) is 12.5. The van der Waals surface area contributed by atoms with Crippen molar-refractivity contribution in [2.75, 3.05) is 13.2 Å². The van der Waals surface area contributed by atoms with Crippen LogP contribution < -0.4 is 5.73 Å². The molecule has 2 aromatic rings. The van der Waals surface area contributed by atoms with E-state index in [0.717, 1.165) is 17.5 Å². The first-order valence-electron chi connectivity index (χ1n) is 6.91. The summed E-state index contributed by atoms with van der Waals surface area (Å²) in [5, 5.41) is 4.66. The Morgan fingerprint density at radius 2 is 2.19 bits per heavy atom. The smallest absolute Gasteiger partial charge is 0.258 e. The molecule has 0 amide bonds. The summed E-state index contributed by atoms with van der Waals surface area (Å²) in [4.78, 5) is 4.40. The van der Waals surface area contributed by atoms with Crippen molar-refractivity contribution in [3.63, 3.8) is 0 Å². The number of rotatable bonds is 6. The van der Waals surface area contributed by atoms with Crippen LogP contribution in [0.1, 0.15) is 31.7 Å². The molecule has 0 bridgehead atoms. The first-order chi connectivity index (χ1) is 9.94. The molecule has 2 N–H and O–H groups in total. The Hall–Kier alpha value is -1.43. The minimum absolute atomic E-state index is 0.347. The van der Waals surface area contributed by atoms with Gasteiger partial charge in [0, 0.05) is 17.2 Å². The van der Waals surface area contributed by atoms with Gasteiger partial charge in [-0.25, -0.2) is 0 Å². The van der Waals surface area contributed by atoms with Crippen molar-refractivity contribution in [1.82, 2.24) is 10.1 Å². The Balaban J connectivity index is 2.21. The second-order valence-electron chi connectivity index (χ2n) is 5.35. The zero-order chi connectivity index (χ0) is 15.5. The summed E-state index contributed by atoms with van der Waals surface area (Å²) in [5.74, 6) is 0.870. The van der Waals surface area contributed by atoms with Crippen LogP contribution in [0, 0.1) is 6.92 Å². The topological polar surface area (TPSA) is 74.2 Å². The SMILES string of the molecule is CCCOCC(C)(N)c1noc(-c2ccc(Cl)cc2C)n1. The van der Waals surface area contributed by atoms with Crippen LogP contribution >= 0.6 is 11.6 Å². The van der Waals surface area contributed by atoms with Crippen molar-refractivity contribution in [3.8, 4) is 11.5 Å². The van der Waals surface area contributed by atoms with Crippen LogP contribution in [0.4, 0.5) is 0 Å². The molecule has 5 nitrogen and oxygen atoms in total. The molecule has 1 unspecified atom stereocenters. The molecule has 0 aliphatic carbocycles. The lowest BCUT2D eigenvalue weighted by Crippen LogP contribution is -2.39. The molecule has 0 aliphatic rings. The third-order valence-corrected chi connectivity index (χ3v) is 3.34. The van der Waals surface area contributed by atoms with Gasteiger partial charge in [0.2, 0.25) is 0 Å². The van der Waals surface area contributed by atoms with Crippen molar-refractivity contribution in [2.45, 2.75) is 32.7 Å². The molecule has 1 heterocycles. The van der Waals surface area contributed by atoms with Crippen LogP contribution in [-0.4, -0.2) is 23.4 Å². The Morgan fingerprint density at radius 1 is 1.43 bits per heavy atom. The van der Waals surface area contributed by atoms with Crippen LogP contribution in [0.2, 0.25) is 5.02 Å². The molecule has 114 valence electrons. The molecule has 0 saturated heterocycles. The normalized spacial score (nSPS) is 14.1. The van der Waals surface area contributed by atoms with Gasteiger partial charge >= 0.3 is 0 Å². The van der Waals surface area contributed by atoms with E-state index in [9.17, 15) is 0 Å². The quantitative estimate of drug-likeness (QED) is 0.829. The fourth-order valence-electron chi connectivity index (χ4n) is 1.92. The lowest BCUT2D eigenvalue weighted by Gasteiger charge is -2.19. The zero-order valence-corrected chi connectivity index (χ0v) is 13.3. The van der Waals surface area contributed by atoms with Crippen LogP contribution in [0.15, 0.2) is 22.7 Å². The summed E-state index contributed by atoms with van der Waals surface area (Å²) >= 11 is 5.95. The second-order valence-corrected chi connectivity index (χ2v) is 5.79. The van der Waals surface area contributed by atoms with E-state index < -0.39 is 5.54 Å². The van der Waals surface area contributed by atoms with E-state index in [2.05, 4.69) is 10.1 Å². The molecule has 0 spiro atoms. The monoisotopic (exact) mass is 309 g/mol. The maximum Gasteiger partial charge on any atom is 0.258 e. The fourth-order valence-corrected chi connectivity index (χ4v) is 2.15. The van der Waals surface area contributed by atoms with Gasteiger partial charge in [-0.3, -0.25) is 0 Å². The lowest BCUT2D eigenvalue weighted by atomic mass is 10.0. The van der Waals surface area contributed by atoms with E-state index in [1.54, 1.807) is 6.07 Å². The Labute approximate surface area is 129 Å². The standard InChI is InChI=1S/C15H20ClN3O2/c1-4-7-20-9-15(3,17)14-18-13(21-19-14)12-6-5-11(16)8-10(12)2/h5-6,8H,4,7,9,17H2,1-3H3. The Kier molecular flexibility index (Phi) is 4.98. The van der Waals surface area contributed by atoms with Gasteiger partial charge in [0.1, 0.15) is 5.54 Å². The van der Waals surface area contributed by atoms with Gasteiger partial charge in [-0.05, 0) is 44.0 Å². The molecule has 1 atom stereocenters. The maximum absolute atomic E-state index is 6.20. The van der Waals surface area contributed by atoms with Crippen molar-refractivity contribution in [2.24, 2.45) is 5.73 Å². The number of hydrogen-bond acceptors (Lipinski definition) is 5. The molecular weight excluding hydrogens is 290 g/mol. The molecule has 0 aliphatic heterocycles. The second kappa shape index (κ2) is 6.56. The number of ether oxygens (including phenoxy) is 1. The highest BCUT2D eigenvalue weighted by molar-refractivity contribution is 6.30. The van der Waals surface area contributed by atoms with E-state index in [1.807, 2.05) is 32.9 Å². The maximum atomic E-state index is 6.20. The van der Waals surface area contributed by atoms with Gasteiger partial charge < -0.3 is 15.0 Å². The summed E-state index contributed by atoms with van der Waals surface area (Å²) in [6.07, 6.45) is 0.942. The van der Waals surface area contributed by atoms with Gasteiger partial charge in [0.15, 0.2) is 5.82 Å². The molecule has 6 heteroatoms. The average Bonchev–Trinajstić information content (AvgIpc) is 2.89. The molecular formula is C15H20ClN3O2. The van der Waals surface area contributed by atoms with Crippen molar-refractivity contribution in [3.05, 3.63) is 34.6 Å². The van der Waals surface area contributed by atoms with Gasteiger partial charge in [-0.2, -0.15) is 4.98 Å². The minimum atomic E-state index is -0.781. The highest BCUT2D eigenvalue weighted by Crippen LogP contribution is 2.26. The average molecular weight is 310 g/mol. The summed E-state index contributed by atoms with van der Waals surface area (Å²) in [5.41, 5.74) is 7.24. The van der Waals surface area contributed by atoms with Crippen molar-refractivity contribution in [1.29, 1.82) is 0 Å². The molecule has 1 aromatic heterocycles. The Bertz CT molecular complexity index is 611. The number of nitrogens with zero attached hydrogens (tertiary/aromatic N) is 2. The first-order valence-corrected chi connectivity index (χ1v) is 7.29. The number of halogens is 1. The number of hydrogen-bond donors (Lipinski definition) is 1. The van der Waals surface area contributed by atoms with E-state index >= 15 is 0 Å². The van der Waals surface area contributed by atoms with E-state index in [4.69, 9.17) is 26.6 Å². The van der Waals surface area contributed by atoms with Gasteiger partial charge in [0.25, 0.3) is 5.89 Å². The summed E-state index contributed by atoms with van der Waals surface area (Å²) in [6.45, 7) is 6.82. The predicted molar refractivity (Wildman–Crippen MR) is 82.1 cm³/mol. The van der Waals surface area contributed by atoms with Gasteiger partial charge in [0.05, 0.1) is 6.61 Å². The van der Waals surface area contributed by atoms with Gasteiger partial charge in [-0.1, -0.05) is 23.7 Å². The lowest BCUT2D eigenvalue weighted by molar-refractivity contribution is 0.0867. The first kappa shape index (κ1) is 15.9. The van der Waals surface area contributed by atoms with Gasteiger partial charge in [-0.15, -0.1) is 0 Å². The number of nitrogens with two attached hydrogens (primary N) is 1. The third-order valence-electron chi connectivity index (χ3n) is 3.11. The van der Waals surface area contributed by atoms with Crippen LogP contribution in [0.3, 0.4) is 0 Å². The molecule has 0 fully saturated rings. The number of benzene rings is 1. The molecule has 21 heavy (non-hydrogen) atoms. The van der Waals surface area contributed by atoms with Crippen LogP contribution in [-0.2, 0) is 10.3 Å². The predicted octanol–water partition coefficient (Wildman–Crippen LogP) is 3.30. The molecule has 0 saturated carbocycles. The summed E-state index contributed by atoms with van der Waals surface area (Å²) in [7, 11) is 0. The Morgan fingerprint density at radius 3 is 2.86 bits per heavy atom. The van der Waals surface area contributed by atoms with E-state index in [-0.39, 0.29) is 0 Å².